The first-order chi connectivity index (χ1) is 18.1. The number of aromatic hydroxyl groups is 1. The van der Waals surface area contributed by atoms with Gasteiger partial charge in [-0.3, -0.25) is 24.1 Å². The van der Waals surface area contributed by atoms with Crippen molar-refractivity contribution in [3.63, 3.8) is 0 Å². The van der Waals surface area contributed by atoms with Gasteiger partial charge in [0.1, 0.15) is 27.7 Å². The maximum Gasteiger partial charge on any atom is 0.255 e. The highest BCUT2D eigenvalue weighted by Gasteiger charge is 2.68. The van der Waals surface area contributed by atoms with Gasteiger partial charge in [0.15, 0.2) is 11.4 Å². The lowest BCUT2D eigenvalue weighted by atomic mass is 9.54. The van der Waals surface area contributed by atoms with E-state index in [1.165, 1.54) is 31.1 Å². The molecular weight excluding hydrogens is 582 g/mol. The van der Waals surface area contributed by atoms with Gasteiger partial charge in [-0.05, 0) is 31.6 Å². The highest BCUT2D eigenvalue weighted by molar-refractivity contribution is 9.10. The molecule has 14 heteroatoms. The minimum Gasteiger partial charge on any atom is -0.508 e. The van der Waals surface area contributed by atoms with Crippen molar-refractivity contribution in [1.29, 1.82) is 0 Å². The van der Waals surface area contributed by atoms with Crippen LogP contribution in [0.4, 0.5) is 5.69 Å². The van der Waals surface area contributed by atoms with E-state index in [-0.39, 0.29) is 16.8 Å². The fraction of sp³-hybridized carbons (Fsp3) is 0.440. The molecule has 0 radical (unpaired) electrons. The van der Waals surface area contributed by atoms with Crippen molar-refractivity contribution in [3.8, 4) is 5.75 Å². The molecule has 9 N–H and O–H groups in total. The summed E-state index contributed by atoms with van der Waals surface area (Å²) in [6, 6.07) is 1.35. The Morgan fingerprint density at radius 1 is 1.21 bits per heavy atom. The molecule has 0 heterocycles. The summed E-state index contributed by atoms with van der Waals surface area (Å²) in [5, 5.41) is 68.0. The number of halogens is 1. The van der Waals surface area contributed by atoms with Crippen LogP contribution in [0.3, 0.4) is 0 Å². The van der Waals surface area contributed by atoms with E-state index in [0.29, 0.717) is 0 Å². The van der Waals surface area contributed by atoms with Gasteiger partial charge in [-0.2, -0.15) is 0 Å². The zero-order valence-electron chi connectivity index (χ0n) is 21.0. The number of benzene rings is 1. The fourth-order valence-corrected chi connectivity index (χ4v) is 6.13. The lowest BCUT2D eigenvalue weighted by Crippen LogP contribution is -2.70. The molecule has 5 unspecified atom stereocenters. The number of aliphatic hydroxyl groups is 5. The number of anilines is 1. The summed E-state index contributed by atoms with van der Waals surface area (Å²) < 4.78 is 0. The number of nitrogens with two attached hydrogens (primary N) is 1. The van der Waals surface area contributed by atoms with Gasteiger partial charge >= 0.3 is 0 Å². The van der Waals surface area contributed by atoms with Gasteiger partial charge in [0.2, 0.25) is 11.7 Å². The topological polar surface area (TPSA) is 231 Å². The Balaban J connectivity index is 1.97. The predicted molar refractivity (Wildman–Crippen MR) is 139 cm³/mol. The highest BCUT2D eigenvalue weighted by Crippen LogP contribution is 2.56. The van der Waals surface area contributed by atoms with Crippen LogP contribution in [0.2, 0.25) is 0 Å². The van der Waals surface area contributed by atoms with Gasteiger partial charge in [0.05, 0.1) is 35.9 Å². The second kappa shape index (κ2) is 9.71. The van der Waals surface area contributed by atoms with E-state index in [9.17, 15) is 49.8 Å². The minimum atomic E-state index is -3.02. The molecular formula is C25H28BrN3O10. The summed E-state index contributed by atoms with van der Waals surface area (Å²) in [4.78, 5) is 51.7. The summed E-state index contributed by atoms with van der Waals surface area (Å²) in [6.45, 7) is 1.05. The van der Waals surface area contributed by atoms with Crippen molar-refractivity contribution in [1.82, 2.24) is 4.90 Å². The molecule has 0 saturated heterocycles. The largest absolute Gasteiger partial charge is 0.508 e. The van der Waals surface area contributed by atoms with Crippen molar-refractivity contribution in [3.05, 3.63) is 40.2 Å². The number of primary amides is 1. The average Bonchev–Trinajstić information content (AvgIpc) is 2.86. The minimum absolute atomic E-state index is 0.162. The van der Waals surface area contributed by atoms with E-state index < -0.39 is 98.7 Å². The first kappa shape index (κ1) is 28.7. The molecule has 1 aromatic carbocycles. The third kappa shape index (κ3) is 3.89. The quantitative estimate of drug-likeness (QED) is 0.117. The second-order valence-corrected chi connectivity index (χ2v) is 11.2. The molecule has 3 aliphatic carbocycles. The van der Waals surface area contributed by atoms with E-state index in [4.69, 9.17) is 5.73 Å². The molecule has 39 heavy (non-hydrogen) atoms. The zero-order chi connectivity index (χ0) is 29.3. The van der Waals surface area contributed by atoms with Crippen LogP contribution in [-0.2, 0) is 19.2 Å². The van der Waals surface area contributed by atoms with Crippen LogP contribution in [0.1, 0.15) is 24.0 Å². The number of Topliss-reactive ketones (excluding diaryl/α,β-unsaturated/α-hetero) is 2. The lowest BCUT2D eigenvalue weighted by Gasteiger charge is -2.53. The van der Waals surface area contributed by atoms with Crippen LogP contribution < -0.4 is 11.1 Å². The van der Waals surface area contributed by atoms with Crippen LogP contribution in [0.25, 0.3) is 5.76 Å². The maximum absolute atomic E-state index is 13.9. The Labute approximate surface area is 230 Å². The van der Waals surface area contributed by atoms with Crippen molar-refractivity contribution >= 4 is 50.8 Å². The molecule has 3 aliphatic rings. The third-order valence-corrected chi connectivity index (χ3v) is 8.54. The van der Waals surface area contributed by atoms with Gasteiger partial charge in [-0.25, -0.2) is 0 Å². The van der Waals surface area contributed by atoms with Crippen LogP contribution in [0.5, 0.6) is 5.75 Å². The van der Waals surface area contributed by atoms with E-state index >= 15 is 0 Å². The molecule has 0 spiro atoms. The Morgan fingerprint density at radius 3 is 2.36 bits per heavy atom. The number of carbonyl (C=O) groups is 4. The zero-order valence-corrected chi connectivity index (χ0v) is 22.6. The number of amides is 2. The number of nitrogens with one attached hydrogen (secondary N) is 1. The molecule has 0 aromatic heterocycles. The maximum atomic E-state index is 13.9. The molecule has 7 atom stereocenters. The molecule has 1 fully saturated rings. The molecule has 210 valence electrons. The number of rotatable bonds is 5. The van der Waals surface area contributed by atoms with E-state index in [1.807, 2.05) is 0 Å². The number of phenols is 1. The van der Waals surface area contributed by atoms with Crippen LogP contribution in [0.15, 0.2) is 29.0 Å². The number of phenolic OH excluding ortho intramolecular Hbond substituents is 1. The number of alkyl halides is 1. The fourth-order valence-electron chi connectivity index (χ4n) is 6.01. The van der Waals surface area contributed by atoms with Crippen molar-refractivity contribution in [2.45, 2.75) is 35.4 Å². The van der Waals surface area contributed by atoms with E-state index in [0.717, 1.165) is 0 Å². The van der Waals surface area contributed by atoms with Crippen molar-refractivity contribution < 1.29 is 49.8 Å². The SMILES string of the molecule is CC1c2ccc(NC(=O)C(Br)CO)c(O)c2C(O)=C2C(=O)[C@]3(O)C(O)=C(C(N)=O)C(=O)[C@@H](N(C)C)C3C(O)C21. The highest BCUT2D eigenvalue weighted by atomic mass is 79.9. The number of likely N-dealkylation sites (N-methyl/N-ethyl adjacent to an activating group) is 1. The summed E-state index contributed by atoms with van der Waals surface area (Å²) in [5.41, 5.74) is 0.585. The van der Waals surface area contributed by atoms with Gasteiger partial charge in [0, 0.05) is 11.5 Å². The van der Waals surface area contributed by atoms with Gasteiger partial charge in [-0.1, -0.05) is 28.9 Å². The standard InChI is InChI=1S/C25H28BrN3O10/c1-7-8-4-5-10(28-24(38)9(26)6-30)17(31)12(8)18(32)13-11(7)19(33)15-16(29(2)3)20(34)14(23(27)37)22(36)25(15,39)21(13)35/h4-5,7,9,11,15-16,19,30-33,36,39H,6H2,1-3H3,(H2,27,37)(H,28,38)/t7?,9?,11?,15?,16-,19?,25-/m0/s1. The third-order valence-electron chi connectivity index (χ3n) is 7.83. The van der Waals surface area contributed by atoms with E-state index in [1.54, 1.807) is 6.92 Å². The molecule has 0 bridgehead atoms. The molecule has 1 saturated carbocycles. The first-order valence-corrected chi connectivity index (χ1v) is 12.8. The monoisotopic (exact) mass is 609 g/mol. The van der Waals surface area contributed by atoms with Crippen molar-refractivity contribution in [2.24, 2.45) is 17.6 Å². The number of fused-ring (bicyclic) bond motifs is 3. The average molecular weight is 610 g/mol. The number of carbonyl (C=O) groups excluding carboxylic acids is 4. The molecule has 4 rings (SSSR count). The molecule has 0 aliphatic heterocycles. The number of ketones is 2. The molecule has 13 nitrogen and oxygen atoms in total. The smallest absolute Gasteiger partial charge is 0.255 e. The first-order valence-electron chi connectivity index (χ1n) is 11.9. The second-order valence-electron chi connectivity index (χ2n) is 10.1. The summed E-state index contributed by atoms with van der Waals surface area (Å²) in [7, 11) is 2.84. The van der Waals surface area contributed by atoms with Gasteiger partial charge < -0.3 is 41.7 Å². The van der Waals surface area contributed by atoms with Crippen LogP contribution in [-0.4, -0.2) is 102 Å². The molecule has 1 aromatic rings. The van der Waals surface area contributed by atoms with Gasteiger partial charge in [-0.15, -0.1) is 0 Å². The number of nitrogens with zero attached hydrogens (tertiary/aromatic N) is 1. The normalized spacial score (nSPS) is 31.0. The molecule has 2 amide bonds. The number of hydrogen-bond donors (Lipinski definition) is 8. The van der Waals surface area contributed by atoms with Crippen LogP contribution >= 0.6 is 15.9 Å². The van der Waals surface area contributed by atoms with Gasteiger partial charge in [0.25, 0.3) is 5.91 Å². The Hall–Kier alpha value is -3.30. The summed E-state index contributed by atoms with van der Waals surface area (Å²) in [6.07, 6.45) is -1.71. The Morgan fingerprint density at radius 2 is 1.82 bits per heavy atom. The number of hydrogen-bond acceptors (Lipinski definition) is 11. The van der Waals surface area contributed by atoms with E-state index in [2.05, 4.69) is 21.2 Å². The number of aliphatic hydroxyl groups excluding tert-OH is 4. The Bertz CT molecular complexity index is 1370. The van der Waals surface area contributed by atoms with Crippen molar-refractivity contribution in [2.75, 3.05) is 26.0 Å². The summed E-state index contributed by atoms with van der Waals surface area (Å²) >= 11 is 2.97. The Kier molecular flexibility index (Phi) is 7.15. The van der Waals surface area contributed by atoms with Crippen LogP contribution in [0, 0.1) is 11.8 Å². The predicted octanol–water partition coefficient (Wildman–Crippen LogP) is -0.810. The lowest BCUT2D eigenvalue weighted by molar-refractivity contribution is -0.169. The summed E-state index contributed by atoms with van der Waals surface area (Å²) in [5.74, 6) is -10.8.